The van der Waals surface area contributed by atoms with Crippen molar-refractivity contribution in [1.29, 1.82) is 0 Å². The van der Waals surface area contributed by atoms with Crippen LogP contribution in [0, 0.1) is 18.7 Å². The highest BCUT2D eigenvalue weighted by Gasteiger charge is 2.28. The number of benzene rings is 3. The third kappa shape index (κ3) is 4.64. The van der Waals surface area contributed by atoms with Crippen LogP contribution in [-0.4, -0.2) is 28.5 Å². The molecule has 2 heterocycles. The molecule has 5 nitrogen and oxygen atoms in total. The fourth-order valence-electron chi connectivity index (χ4n) is 4.49. The summed E-state index contributed by atoms with van der Waals surface area (Å²) in [7, 11) is 0. The standard InChI is InChI=1S/C27H26ClFN4O/c1-18-6-11-22(16-23(18)28)30-26(34)20-12-14-32(15-13-20)27-31-24-4-2-3-5-25(24)33(27)17-19-7-9-21(29)10-8-19/h2-11,16,20H,12-15,17H2,1H3,(H,30,34). The van der Waals surface area contributed by atoms with Gasteiger partial charge in [-0.05, 0) is 67.3 Å². The molecular formula is C27H26ClFN4O. The van der Waals surface area contributed by atoms with E-state index in [0.717, 1.165) is 59.7 Å². The number of aryl methyl sites for hydroxylation is 1. The highest BCUT2D eigenvalue weighted by atomic mass is 35.5. The van der Waals surface area contributed by atoms with E-state index in [-0.39, 0.29) is 17.6 Å². The number of fused-ring (bicyclic) bond motifs is 1. The lowest BCUT2D eigenvalue weighted by Crippen LogP contribution is -2.39. The van der Waals surface area contributed by atoms with Crippen LogP contribution in [0.2, 0.25) is 5.02 Å². The maximum Gasteiger partial charge on any atom is 0.227 e. The lowest BCUT2D eigenvalue weighted by molar-refractivity contribution is -0.120. The van der Waals surface area contributed by atoms with Gasteiger partial charge in [-0.1, -0.05) is 41.9 Å². The number of rotatable bonds is 5. The molecule has 1 amide bonds. The highest BCUT2D eigenvalue weighted by Crippen LogP contribution is 2.29. The Morgan fingerprint density at radius 1 is 1.09 bits per heavy atom. The zero-order valence-corrected chi connectivity index (χ0v) is 19.7. The van der Waals surface area contributed by atoms with Gasteiger partial charge in [-0.3, -0.25) is 4.79 Å². The average Bonchev–Trinajstić information content (AvgIpc) is 3.21. The summed E-state index contributed by atoms with van der Waals surface area (Å²) in [6.07, 6.45) is 1.48. The van der Waals surface area contributed by atoms with Crippen LogP contribution in [0.15, 0.2) is 66.7 Å². The predicted octanol–water partition coefficient (Wildman–Crippen LogP) is 6.04. The van der Waals surface area contributed by atoms with Crippen LogP contribution in [0.1, 0.15) is 24.0 Å². The van der Waals surface area contributed by atoms with Crippen molar-refractivity contribution in [3.05, 3.63) is 88.7 Å². The van der Waals surface area contributed by atoms with Crippen LogP contribution in [-0.2, 0) is 11.3 Å². The topological polar surface area (TPSA) is 50.2 Å². The van der Waals surface area contributed by atoms with Gasteiger partial charge in [0.15, 0.2) is 0 Å². The van der Waals surface area contributed by atoms with Gasteiger partial charge in [0.05, 0.1) is 17.6 Å². The maximum absolute atomic E-state index is 13.4. The van der Waals surface area contributed by atoms with Crippen LogP contribution in [0.25, 0.3) is 11.0 Å². The number of piperidine rings is 1. The molecule has 1 saturated heterocycles. The Kier molecular flexibility index (Phi) is 6.24. The Morgan fingerprint density at radius 2 is 1.82 bits per heavy atom. The molecule has 1 aliphatic rings. The molecule has 0 saturated carbocycles. The van der Waals surface area contributed by atoms with Crippen molar-refractivity contribution in [2.75, 3.05) is 23.3 Å². The zero-order valence-electron chi connectivity index (χ0n) is 19.0. The second kappa shape index (κ2) is 9.47. The van der Waals surface area contributed by atoms with Crippen molar-refractivity contribution in [3.8, 4) is 0 Å². The average molecular weight is 477 g/mol. The summed E-state index contributed by atoms with van der Waals surface area (Å²) in [6, 6.07) is 20.2. The highest BCUT2D eigenvalue weighted by molar-refractivity contribution is 6.31. The van der Waals surface area contributed by atoms with Gasteiger partial charge in [0, 0.05) is 29.7 Å². The minimum Gasteiger partial charge on any atom is -0.342 e. The summed E-state index contributed by atoms with van der Waals surface area (Å²) < 4.78 is 15.6. The molecule has 1 aliphatic heterocycles. The number of para-hydroxylation sites is 2. The molecule has 34 heavy (non-hydrogen) atoms. The van der Waals surface area contributed by atoms with E-state index in [4.69, 9.17) is 16.6 Å². The Morgan fingerprint density at radius 3 is 2.56 bits per heavy atom. The number of carbonyl (C=O) groups is 1. The van der Waals surface area contributed by atoms with E-state index < -0.39 is 0 Å². The lowest BCUT2D eigenvalue weighted by atomic mass is 9.96. The Labute approximate surface area is 203 Å². The van der Waals surface area contributed by atoms with E-state index in [1.165, 1.54) is 12.1 Å². The summed E-state index contributed by atoms with van der Waals surface area (Å²) in [5, 5.41) is 3.66. The number of halogens is 2. The van der Waals surface area contributed by atoms with Gasteiger partial charge in [-0.25, -0.2) is 9.37 Å². The SMILES string of the molecule is Cc1ccc(NC(=O)C2CCN(c3nc4ccccc4n3Cc3ccc(F)cc3)CC2)cc1Cl. The first-order chi connectivity index (χ1) is 16.5. The van der Waals surface area contributed by atoms with Gasteiger partial charge in [0.25, 0.3) is 0 Å². The fourth-order valence-corrected chi connectivity index (χ4v) is 4.67. The molecule has 0 bridgehead atoms. The number of imidazole rings is 1. The Hall–Kier alpha value is -3.38. The largest absolute Gasteiger partial charge is 0.342 e. The molecule has 0 unspecified atom stereocenters. The molecule has 1 fully saturated rings. The molecule has 1 N–H and O–H groups in total. The number of nitrogens with one attached hydrogen (secondary N) is 1. The molecular weight excluding hydrogens is 451 g/mol. The van der Waals surface area contributed by atoms with Crippen LogP contribution in [0.5, 0.6) is 0 Å². The number of aromatic nitrogens is 2. The number of carbonyl (C=O) groups excluding carboxylic acids is 1. The summed E-state index contributed by atoms with van der Waals surface area (Å²) in [5.74, 6) is 0.605. The summed E-state index contributed by atoms with van der Waals surface area (Å²) in [6.45, 7) is 4.01. The minimum absolute atomic E-state index is 0.0272. The van der Waals surface area contributed by atoms with Crippen molar-refractivity contribution in [1.82, 2.24) is 9.55 Å². The maximum atomic E-state index is 13.4. The van der Waals surface area contributed by atoms with Crippen molar-refractivity contribution < 1.29 is 9.18 Å². The van der Waals surface area contributed by atoms with Crippen LogP contribution in [0.4, 0.5) is 16.0 Å². The third-order valence-electron chi connectivity index (χ3n) is 6.48. The predicted molar refractivity (Wildman–Crippen MR) is 135 cm³/mol. The third-order valence-corrected chi connectivity index (χ3v) is 6.88. The molecule has 0 atom stereocenters. The van der Waals surface area contributed by atoms with Gasteiger partial charge in [0.2, 0.25) is 11.9 Å². The fraction of sp³-hybridized carbons (Fsp3) is 0.259. The number of anilines is 2. The number of amides is 1. The second-order valence-corrected chi connectivity index (χ2v) is 9.23. The van der Waals surface area contributed by atoms with Gasteiger partial charge in [-0.2, -0.15) is 0 Å². The van der Waals surface area contributed by atoms with Crippen LogP contribution >= 0.6 is 11.6 Å². The molecule has 4 aromatic rings. The van der Waals surface area contributed by atoms with Gasteiger partial charge in [-0.15, -0.1) is 0 Å². The van der Waals surface area contributed by atoms with E-state index in [9.17, 15) is 9.18 Å². The van der Waals surface area contributed by atoms with Gasteiger partial charge >= 0.3 is 0 Å². The van der Waals surface area contributed by atoms with E-state index in [1.807, 2.05) is 49.4 Å². The number of hydrogen-bond donors (Lipinski definition) is 1. The van der Waals surface area contributed by atoms with Crippen molar-refractivity contribution in [2.24, 2.45) is 5.92 Å². The summed E-state index contributed by atoms with van der Waals surface area (Å²) in [5.41, 5.74) is 4.69. The van der Waals surface area contributed by atoms with Gasteiger partial charge < -0.3 is 14.8 Å². The molecule has 174 valence electrons. The first-order valence-corrected chi connectivity index (χ1v) is 11.9. The van der Waals surface area contributed by atoms with Crippen LogP contribution < -0.4 is 10.2 Å². The summed E-state index contributed by atoms with van der Waals surface area (Å²) >= 11 is 6.20. The normalized spacial score (nSPS) is 14.5. The number of nitrogens with zero attached hydrogens (tertiary/aromatic N) is 3. The first-order valence-electron chi connectivity index (χ1n) is 11.5. The number of hydrogen-bond acceptors (Lipinski definition) is 3. The van der Waals surface area contributed by atoms with Gasteiger partial charge in [0.1, 0.15) is 5.82 Å². The molecule has 1 aromatic heterocycles. The first kappa shape index (κ1) is 22.4. The molecule has 0 aliphatic carbocycles. The lowest BCUT2D eigenvalue weighted by Gasteiger charge is -2.32. The van der Waals surface area contributed by atoms with Crippen molar-refractivity contribution in [3.63, 3.8) is 0 Å². The summed E-state index contributed by atoms with van der Waals surface area (Å²) in [4.78, 5) is 20.0. The van der Waals surface area contributed by atoms with E-state index in [0.29, 0.717) is 11.6 Å². The van der Waals surface area contributed by atoms with E-state index in [1.54, 1.807) is 6.07 Å². The minimum atomic E-state index is -0.243. The van der Waals surface area contributed by atoms with E-state index >= 15 is 0 Å². The quantitative estimate of drug-likeness (QED) is 0.382. The zero-order chi connectivity index (χ0) is 23.7. The smallest absolute Gasteiger partial charge is 0.227 e. The molecule has 3 aromatic carbocycles. The molecule has 0 radical (unpaired) electrons. The van der Waals surface area contributed by atoms with Crippen LogP contribution in [0.3, 0.4) is 0 Å². The Balaban J connectivity index is 1.32. The molecule has 5 rings (SSSR count). The van der Waals surface area contributed by atoms with E-state index in [2.05, 4.69) is 20.9 Å². The Bertz CT molecular complexity index is 1330. The molecule has 0 spiro atoms. The van der Waals surface area contributed by atoms with Crippen molar-refractivity contribution >= 4 is 40.2 Å². The monoisotopic (exact) mass is 476 g/mol. The second-order valence-electron chi connectivity index (χ2n) is 8.83. The van der Waals surface area contributed by atoms with Crippen molar-refractivity contribution in [2.45, 2.75) is 26.3 Å². The molecule has 7 heteroatoms.